The third kappa shape index (κ3) is 2.07. The number of piperidine rings is 1. The molecule has 1 aliphatic rings. The van der Waals surface area contributed by atoms with Crippen LogP contribution in [0.5, 0.6) is 5.88 Å². The molecule has 1 atom stereocenters. The van der Waals surface area contributed by atoms with Gasteiger partial charge in [-0.15, -0.1) is 4.37 Å². The van der Waals surface area contributed by atoms with Crippen LogP contribution >= 0.6 is 11.7 Å². The van der Waals surface area contributed by atoms with Gasteiger partial charge in [0.2, 0.25) is 5.82 Å². The number of methoxy groups -OCH3 is 1. The number of anilines is 1. The molecule has 84 valence electrons. The average molecular weight is 227 g/mol. The largest absolute Gasteiger partial charge is 0.478 e. The number of rotatable bonds is 3. The Kier molecular flexibility index (Phi) is 3.41. The van der Waals surface area contributed by atoms with Crippen LogP contribution in [-0.4, -0.2) is 28.4 Å². The monoisotopic (exact) mass is 227 g/mol. The molecule has 1 unspecified atom stereocenters. The third-order valence-corrected chi connectivity index (χ3v) is 3.51. The molecule has 1 aromatic rings. The maximum Gasteiger partial charge on any atom is 0.270 e. The Hall–Kier alpha value is -0.840. The van der Waals surface area contributed by atoms with Gasteiger partial charge in [0.05, 0.1) is 18.8 Å². The molecule has 0 aliphatic carbocycles. The van der Waals surface area contributed by atoms with Gasteiger partial charge in [-0.25, -0.2) is 0 Å². The highest BCUT2D eigenvalue weighted by Crippen LogP contribution is 2.31. The van der Waals surface area contributed by atoms with Crippen molar-refractivity contribution in [2.45, 2.75) is 38.6 Å². The zero-order valence-electron chi connectivity index (χ0n) is 9.27. The summed E-state index contributed by atoms with van der Waals surface area (Å²) >= 11 is 1.23. The normalized spacial score (nSPS) is 21.7. The van der Waals surface area contributed by atoms with E-state index in [0.717, 1.165) is 12.4 Å². The third-order valence-electron chi connectivity index (χ3n) is 3.01. The van der Waals surface area contributed by atoms with Crippen LogP contribution in [0, 0.1) is 0 Å². The highest BCUT2D eigenvalue weighted by Gasteiger charge is 2.25. The van der Waals surface area contributed by atoms with Gasteiger partial charge in [-0.05, 0) is 25.7 Å². The molecule has 4 nitrogen and oxygen atoms in total. The first-order chi connectivity index (χ1) is 7.36. The van der Waals surface area contributed by atoms with E-state index in [9.17, 15) is 0 Å². The lowest BCUT2D eigenvalue weighted by molar-refractivity contribution is 0.391. The Balaban J connectivity index is 2.20. The van der Waals surface area contributed by atoms with Crippen molar-refractivity contribution in [1.82, 2.24) is 8.75 Å². The molecule has 0 bridgehead atoms. The van der Waals surface area contributed by atoms with Gasteiger partial charge < -0.3 is 9.64 Å². The lowest BCUT2D eigenvalue weighted by Gasteiger charge is -2.35. The summed E-state index contributed by atoms with van der Waals surface area (Å²) < 4.78 is 13.7. The Bertz CT molecular complexity index is 315. The van der Waals surface area contributed by atoms with Crippen LogP contribution in [0.25, 0.3) is 0 Å². The van der Waals surface area contributed by atoms with Gasteiger partial charge in [0, 0.05) is 12.6 Å². The molecule has 1 saturated heterocycles. The van der Waals surface area contributed by atoms with Crippen LogP contribution in [0.2, 0.25) is 0 Å². The molecule has 15 heavy (non-hydrogen) atoms. The summed E-state index contributed by atoms with van der Waals surface area (Å²) in [5, 5.41) is 0. The van der Waals surface area contributed by atoms with Crippen LogP contribution in [0.15, 0.2) is 0 Å². The Labute approximate surface area is 94.6 Å². The van der Waals surface area contributed by atoms with Gasteiger partial charge >= 0.3 is 0 Å². The number of hydrogen-bond donors (Lipinski definition) is 0. The van der Waals surface area contributed by atoms with Crippen LogP contribution < -0.4 is 9.64 Å². The first-order valence-electron chi connectivity index (χ1n) is 5.50. The Morgan fingerprint density at radius 1 is 1.47 bits per heavy atom. The summed E-state index contributed by atoms with van der Waals surface area (Å²) in [6, 6.07) is 0.608. The summed E-state index contributed by atoms with van der Waals surface area (Å²) in [4.78, 5) is 2.35. The summed E-state index contributed by atoms with van der Waals surface area (Å²) in [7, 11) is 1.66. The molecule has 0 aromatic carbocycles. The maximum atomic E-state index is 5.23. The highest BCUT2D eigenvalue weighted by atomic mass is 32.1. The molecule has 0 spiro atoms. The average Bonchev–Trinajstić information content (AvgIpc) is 2.76. The fourth-order valence-corrected chi connectivity index (χ4v) is 2.72. The second-order valence-corrected chi connectivity index (χ2v) is 4.38. The SMILES string of the molecule is CCC1CCCCN1c1nsnc1OC. The first-order valence-corrected chi connectivity index (χ1v) is 6.23. The van der Waals surface area contributed by atoms with Crippen molar-refractivity contribution in [3.8, 4) is 5.88 Å². The minimum atomic E-state index is 0.608. The molecule has 1 aliphatic heterocycles. The number of ether oxygens (including phenoxy) is 1. The van der Waals surface area contributed by atoms with Crippen LogP contribution in [-0.2, 0) is 0 Å². The van der Waals surface area contributed by atoms with E-state index in [-0.39, 0.29) is 0 Å². The molecular weight excluding hydrogens is 210 g/mol. The second kappa shape index (κ2) is 4.79. The quantitative estimate of drug-likeness (QED) is 0.794. The fourth-order valence-electron chi connectivity index (χ4n) is 2.18. The highest BCUT2D eigenvalue weighted by molar-refractivity contribution is 6.99. The van der Waals surface area contributed by atoms with E-state index < -0.39 is 0 Å². The van der Waals surface area contributed by atoms with Gasteiger partial charge in [-0.3, -0.25) is 0 Å². The van der Waals surface area contributed by atoms with E-state index in [1.807, 2.05) is 0 Å². The summed E-state index contributed by atoms with van der Waals surface area (Å²) in [6.45, 7) is 3.32. The molecular formula is C10H17N3OS. The summed E-state index contributed by atoms with van der Waals surface area (Å²) in [6.07, 6.45) is 5.00. The van der Waals surface area contributed by atoms with Gasteiger partial charge in [0.25, 0.3) is 5.88 Å². The molecule has 1 fully saturated rings. The van der Waals surface area contributed by atoms with Gasteiger partial charge in [0.1, 0.15) is 0 Å². The minimum Gasteiger partial charge on any atom is -0.478 e. The van der Waals surface area contributed by atoms with Crippen molar-refractivity contribution < 1.29 is 4.74 Å². The van der Waals surface area contributed by atoms with Crippen molar-refractivity contribution >= 4 is 17.5 Å². The van der Waals surface area contributed by atoms with Gasteiger partial charge in [-0.1, -0.05) is 6.92 Å². The van der Waals surface area contributed by atoms with E-state index in [0.29, 0.717) is 11.9 Å². The molecule has 2 rings (SSSR count). The van der Waals surface area contributed by atoms with E-state index in [1.165, 1.54) is 37.4 Å². The maximum absolute atomic E-state index is 5.23. The molecule has 2 heterocycles. The Morgan fingerprint density at radius 2 is 2.33 bits per heavy atom. The van der Waals surface area contributed by atoms with E-state index in [4.69, 9.17) is 4.74 Å². The number of aromatic nitrogens is 2. The topological polar surface area (TPSA) is 38.2 Å². The second-order valence-electron chi connectivity index (χ2n) is 3.85. The van der Waals surface area contributed by atoms with Gasteiger partial charge in [-0.2, -0.15) is 4.37 Å². The predicted molar refractivity (Wildman–Crippen MR) is 61.7 cm³/mol. The van der Waals surface area contributed by atoms with E-state index in [2.05, 4.69) is 20.6 Å². The van der Waals surface area contributed by atoms with Crippen LogP contribution in [0.3, 0.4) is 0 Å². The van der Waals surface area contributed by atoms with Crippen molar-refractivity contribution in [2.75, 3.05) is 18.6 Å². The molecule has 0 N–H and O–H groups in total. The zero-order chi connectivity index (χ0) is 10.7. The van der Waals surface area contributed by atoms with E-state index in [1.54, 1.807) is 7.11 Å². The molecule has 1 aromatic heterocycles. The summed E-state index contributed by atoms with van der Waals surface area (Å²) in [5.41, 5.74) is 0. The zero-order valence-corrected chi connectivity index (χ0v) is 10.1. The molecule has 0 amide bonds. The number of nitrogens with zero attached hydrogens (tertiary/aromatic N) is 3. The standard InChI is InChI=1S/C10H17N3OS/c1-3-8-6-4-5-7-13(8)9-10(14-2)12-15-11-9/h8H,3-7H2,1-2H3. The Morgan fingerprint density at radius 3 is 3.07 bits per heavy atom. The minimum absolute atomic E-state index is 0.608. The lowest BCUT2D eigenvalue weighted by atomic mass is 10.0. The van der Waals surface area contributed by atoms with Crippen molar-refractivity contribution in [1.29, 1.82) is 0 Å². The molecule has 0 saturated carbocycles. The summed E-state index contributed by atoms with van der Waals surface area (Å²) in [5.74, 6) is 1.62. The smallest absolute Gasteiger partial charge is 0.270 e. The van der Waals surface area contributed by atoms with Crippen LogP contribution in [0.1, 0.15) is 32.6 Å². The first kappa shape index (κ1) is 10.7. The van der Waals surface area contributed by atoms with Crippen molar-refractivity contribution in [3.05, 3.63) is 0 Å². The van der Waals surface area contributed by atoms with Gasteiger partial charge in [0.15, 0.2) is 0 Å². The molecule has 5 heteroatoms. The fraction of sp³-hybridized carbons (Fsp3) is 0.800. The molecule has 0 radical (unpaired) electrons. The van der Waals surface area contributed by atoms with Crippen molar-refractivity contribution in [3.63, 3.8) is 0 Å². The lowest BCUT2D eigenvalue weighted by Crippen LogP contribution is -2.39. The van der Waals surface area contributed by atoms with E-state index >= 15 is 0 Å². The number of hydrogen-bond acceptors (Lipinski definition) is 5. The van der Waals surface area contributed by atoms with Crippen LogP contribution in [0.4, 0.5) is 5.82 Å². The predicted octanol–water partition coefficient (Wildman–Crippen LogP) is 2.32. The van der Waals surface area contributed by atoms with Crippen molar-refractivity contribution in [2.24, 2.45) is 0 Å².